The summed E-state index contributed by atoms with van der Waals surface area (Å²) in [6, 6.07) is 14.9. The van der Waals surface area contributed by atoms with Crippen LogP contribution in [0.4, 0.5) is 4.79 Å². The molecule has 0 unspecified atom stereocenters. The zero-order valence-electron chi connectivity index (χ0n) is 15.1. The molecule has 0 radical (unpaired) electrons. The number of urea groups is 1. The van der Waals surface area contributed by atoms with E-state index < -0.39 is 5.97 Å². The molecule has 7 heteroatoms. The summed E-state index contributed by atoms with van der Waals surface area (Å²) in [5, 5.41) is 2.62. The molecule has 2 aromatic carbocycles. The third-order valence-corrected chi connectivity index (χ3v) is 4.00. The van der Waals surface area contributed by atoms with Crippen LogP contribution in [0.5, 0.6) is 11.5 Å². The van der Waals surface area contributed by atoms with E-state index in [0.717, 1.165) is 11.1 Å². The van der Waals surface area contributed by atoms with Crippen molar-refractivity contribution in [2.75, 3.05) is 19.9 Å². The number of ether oxygens (including phenoxy) is 3. The van der Waals surface area contributed by atoms with Gasteiger partial charge in [-0.15, -0.1) is 0 Å². The Morgan fingerprint density at radius 1 is 1.04 bits per heavy atom. The quantitative estimate of drug-likeness (QED) is 0.759. The van der Waals surface area contributed by atoms with E-state index in [1.54, 1.807) is 11.8 Å². The Balaban J connectivity index is 1.70. The van der Waals surface area contributed by atoms with Gasteiger partial charge in [0.2, 0.25) is 6.79 Å². The third-order valence-electron chi connectivity index (χ3n) is 4.00. The number of hydrogen-bond donors (Lipinski definition) is 1. The molecule has 0 aliphatic carbocycles. The van der Waals surface area contributed by atoms with E-state index in [2.05, 4.69) is 5.32 Å². The Morgan fingerprint density at radius 2 is 1.78 bits per heavy atom. The molecule has 0 bridgehead atoms. The number of fused-ring (bicyclic) bond motifs is 1. The van der Waals surface area contributed by atoms with Gasteiger partial charge in [-0.25, -0.2) is 4.79 Å². The molecule has 7 nitrogen and oxygen atoms in total. The Labute approximate surface area is 157 Å². The average Bonchev–Trinajstić information content (AvgIpc) is 3.14. The maximum atomic E-state index is 12.6. The van der Waals surface area contributed by atoms with Crippen molar-refractivity contribution in [3.05, 3.63) is 59.7 Å². The van der Waals surface area contributed by atoms with E-state index in [0.29, 0.717) is 24.6 Å². The van der Waals surface area contributed by atoms with E-state index in [-0.39, 0.29) is 26.0 Å². The molecule has 27 heavy (non-hydrogen) atoms. The summed E-state index contributed by atoms with van der Waals surface area (Å²) in [7, 11) is 0. The Hall–Kier alpha value is -3.22. The summed E-state index contributed by atoms with van der Waals surface area (Å²) in [4.78, 5) is 25.8. The first-order chi connectivity index (χ1) is 13.2. The first-order valence-electron chi connectivity index (χ1n) is 8.76. The van der Waals surface area contributed by atoms with Gasteiger partial charge in [0.1, 0.15) is 6.54 Å². The van der Waals surface area contributed by atoms with E-state index >= 15 is 0 Å². The molecule has 1 heterocycles. The molecule has 1 N–H and O–H groups in total. The SMILES string of the molecule is CCOC(=O)CNC(=O)N(Cc1ccccc1)Cc1ccc2c(c1)OCO2. The smallest absolute Gasteiger partial charge is 0.325 e. The number of amides is 2. The van der Waals surface area contributed by atoms with Gasteiger partial charge in [-0.05, 0) is 30.2 Å². The minimum absolute atomic E-state index is 0.168. The highest BCUT2D eigenvalue weighted by Gasteiger charge is 2.18. The molecule has 142 valence electrons. The Morgan fingerprint density at radius 3 is 2.56 bits per heavy atom. The van der Waals surface area contributed by atoms with E-state index in [4.69, 9.17) is 14.2 Å². The Bertz CT molecular complexity index is 794. The number of nitrogens with one attached hydrogen (secondary N) is 1. The number of nitrogens with zero attached hydrogens (tertiary/aromatic N) is 1. The summed E-state index contributed by atoms with van der Waals surface area (Å²) >= 11 is 0. The van der Waals surface area contributed by atoms with E-state index in [1.165, 1.54) is 0 Å². The molecule has 0 saturated carbocycles. The van der Waals surface area contributed by atoms with Crippen LogP contribution in [0.1, 0.15) is 18.1 Å². The monoisotopic (exact) mass is 370 g/mol. The van der Waals surface area contributed by atoms with Crippen molar-refractivity contribution in [1.29, 1.82) is 0 Å². The largest absolute Gasteiger partial charge is 0.465 e. The van der Waals surface area contributed by atoms with Crippen LogP contribution in [0.25, 0.3) is 0 Å². The lowest BCUT2D eigenvalue weighted by Gasteiger charge is -2.23. The number of carbonyl (C=O) groups excluding carboxylic acids is 2. The molecule has 2 aromatic rings. The van der Waals surface area contributed by atoms with Crippen LogP contribution in [0.3, 0.4) is 0 Å². The molecular formula is C20H22N2O5. The first kappa shape index (κ1) is 18.6. The van der Waals surface area contributed by atoms with Crippen LogP contribution >= 0.6 is 0 Å². The molecule has 3 rings (SSSR count). The molecule has 0 fully saturated rings. The molecule has 1 aliphatic rings. The summed E-state index contributed by atoms with van der Waals surface area (Å²) in [5.41, 5.74) is 1.89. The van der Waals surface area contributed by atoms with Gasteiger partial charge in [0.15, 0.2) is 11.5 Å². The molecular weight excluding hydrogens is 348 g/mol. The Kier molecular flexibility index (Phi) is 6.14. The van der Waals surface area contributed by atoms with Gasteiger partial charge in [-0.2, -0.15) is 0 Å². The number of esters is 1. The second-order valence-electron chi connectivity index (χ2n) is 5.99. The molecule has 1 aliphatic heterocycles. The average molecular weight is 370 g/mol. The molecule has 0 atom stereocenters. The highest BCUT2D eigenvalue weighted by Crippen LogP contribution is 2.32. The fourth-order valence-corrected chi connectivity index (χ4v) is 2.73. The van der Waals surface area contributed by atoms with Crippen molar-refractivity contribution < 1.29 is 23.8 Å². The van der Waals surface area contributed by atoms with Crippen LogP contribution in [-0.4, -0.2) is 36.8 Å². The minimum Gasteiger partial charge on any atom is -0.465 e. The summed E-state index contributed by atoms with van der Waals surface area (Å²) in [6.07, 6.45) is 0. The number of hydrogen-bond acceptors (Lipinski definition) is 5. The normalized spacial score (nSPS) is 11.7. The van der Waals surface area contributed by atoms with Gasteiger partial charge in [0, 0.05) is 13.1 Å². The second-order valence-corrected chi connectivity index (χ2v) is 5.99. The maximum absolute atomic E-state index is 12.6. The fraction of sp³-hybridized carbons (Fsp3) is 0.300. The van der Waals surface area contributed by atoms with Crippen molar-refractivity contribution in [1.82, 2.24) is 10.2 Å². The first-order valence-corrected chi connectivity index (χ1v) is 8.76. The van der Waals surface area contributed by atoms with Gasteiger partial charge < -0.3 is 24.4 Å². The lowest BCUT2D eigenvalue weighted by atomic mass is 10.1. The standard InChI is InChI=1S/C20H22N2O5/c1-2-25-19(23)11-21-20(24)22(12-15-6-4-3-5-7-15)13-16-8-9-17-18(10-16)27-14-26-17/h3-10H,2,11-14H2,1H3,(H,21,24). The molecule has 0 saturated heterocycles. The van der Waals surface area contributed by atoms with Crippen LogP contribution in [-0.2, 0) is 22.6 Å². The number of benzene rings is 2. The van der Waals surface area contributed by atoms with Gasteiger partial charge in [-0.1, -0.05) is 36.4 Å². The van der Waals surface area contributed by atoms with Crippen LogP contribution in [0.2, 0.25) is 0 Å². The number of carbonyl (C=O) groups is 2. The van der Waals surface area contributed by atoms with Crippen molar-refractivity contribution >= 4 is 12.0 Å². The minimum atomic E-state index is -0.464. The van der Waals surface area contributed by atoms with Gasteiger partial charge in [-0.3, -0.25) is 4.79 Å². The molecule has 0 aromatic heterocycles. The predicted molar refractivity (Wildman–Crippen MR) is 98.3 cm³/mol. The van der Waals surface area contributed by atoms with Crippen LogP contribution < -0.4 is 14.8 Å². The van der Waals surface area contributed by atoms with Crippen molar-refractivity contribution in [3.8, 4) is 11.5 Å². The zero-order chi connectivity index (χ0) is 19.1. The topological polar surface area (TPSA) is 77.1 Å². The van der Waals surface area contributed by atoms with E-state index in [1.807, 2.05) is 48.5 Å². The van der Waals surface area contributed by atoms with Gasteiger partial charge in [0.05, 0.1) is 6.61 Å². The van der Waals surface area contributed by atoms with Crippen molar-refractivity contribution in [3.63, 3.8) is 0 Å². The van der Waals surface area contributed by atoms with E-state index in [9.17, 15) is 9.59 Å². The number of rotatable bonds is 7. The summed E-state index contributed by atoms with van der Waals surface area (Å²) < 4.78 is 15.6. The van der Waals surface area contributed by atoms with Crippen LogP contribution in [0.15, 0.2) is 48.5 Å². The maximum Gasteiger partial charge on any atom is 0.325 e. The zero-order valence-corrected chi connectivity index (χ0v) is 15.1. The highest BCUT2D eigenvalue weighted by molar-refractivity contribution is 5.80. The predicted octanol–water partition coefficient (Wildman–Crippen LogP) is 2.69. The van der Waals surface area contributed by atoms with Crippen molar-refractivity contribution in [2.24, 2.45) is 0 Å². The second kappa shape index (κ2) is 8.93. The van der Waals surface area contributed by atoms with Gasteiger partial charge >= 0.3 is 12.0 Å². The molecule has 0 spiro atoms. The third kappa shape index (κ3) is 5.13. The highest BCUT2D eigenvalue weighted by atomic mass is 16.7. The lowest BCUT2D eigenvalue weighted by Crippen LogP contribution is -2.41. The van der Waals surface area contributed by atoms with Crippen molar-refractivity contribution in [2.45, 2.75) is 20.0 Å². The fourth-order valence-electron chi connectivity index (χ4n) is 2.73. The lowest BCUT2D eigenvalue weighted by molar-refractivity contribution is -0.141. The summed E-state index contributed by atoms with van der Waals surface area (Å²) in [5.74, 6) is 0.896. The van der Waals surface area contributed by atoms with Gasteiger partial charge in [0.25, 0.3) is 0 Å². The van der Waals surface area contributed by atoms with Crippen LogP contribution in [0, 0.1) is 0 Å². The summed E-state index contributed by atoms with van der Waals surface area (Å²) in [6.45, 7) is 2.80. The molecule has 2 amide bonds.